The lowest BCUT2D eigenvalue weighted by Gasteiger charge is -2.17. The van der Waals surface area contributed by atoms with Gasteiger partial charge < -0.3 is 14.6 Å². The molecule has 0 saturated heterocycles. The maximum absolute atomic E-state index is 11.0. The first-order valence-electron chi connectivity index (χ1n) is 7.60. The molecule has 0 aromatic heterocycles. The number of hydrogen-bond acceptors (Lipinski definition) is 3. The summed E-state index contributed by atoms with van der Waals surface area (Å²) in [6, 6.07) is 10.3. The maximum atomic E-state index is 11.0. The van der Waals surface area contributed by atoms with Gasteiger partial charge in [0, 0.05) is 12.2 Å². The molecule has 0 amide bonds. The first-order valence-corrected chi connectivity index (χ1v) is 8.73. The summed E-state index contributed by atoms with van der Waals surface area (Å²) in [4.78, 5) is 11.0. The van der Waals surface area contributed by atoms with Gasteiger partial charge in [-0.15, -0.1) is 0 Å². The zero-order valence-electron chi connectivity index (χ0n) is 13.5. The number of carbonyl (C=O) groups is 1. The van der Waals surface area contributed by atoms with Crippen molar-refractivity contribution in [1.82, 2.24) is 0 Å². The summed E-state index contributed by atoms with van der Waals surface area (Å²) < 4.78 is 11.2. The van der Waals surface area contributed by atoms with Gasteiger partial charge in [0.15, 0.2) is 0 Å². The van der Waals surface area contributed by atoms with Gasteiger partial charge in [0.2, 0.25) is 0 Å². The van der Waals surface area contributed by atoms with Gasteiger partial charge in [0.1, 0.15) is 12.4 Å². The van der Waals surface area contributed by atoms with E-state index in [-0.39, 0.29) is 6.42 Å². The van der Waals surface area contributed by atoms with Crippen LogP contribution in [0.15, 0.2) is 36.4 Å². The number of aliphatic carboxylic acids is 1. The van der Waals surface area contributed by atoms with Crippen LogP contribution >= 0.6 is 34.8 Å². The molecule has 7 heteroatoms. The summed E-state index contributed by atoms with van der Waals surface area (Å²) in [6.45, 7) is 2.50. The Morgan fingerprint density at radius 3 is 2.44 bits per heavy atom. The van der Waals surface area contributed by atoms with Crippen molar-refractivity contribution in [3.8, 4) is 5.75 Å². The molecule has 0 radical (unpaired) electrons. The Hall–Kier alpha value is -1.46. The van der Waals surface area contributed by atoms with Crippen molar-refractivity contribution in [1.29, 1.82) is 0 Å². The number of halogens is 3. The Labute approximate surface area is 161 Å². The number of carboxylic acids is 1. The van der Waals surface area contributed by atoms with E-state index in [0.717, 1.165) is 5.56 Å². The van der Waals surface area contributed by atoms with Gasteiger partial charge in [-0.2, -0.15) is 0 Å². The van der Waals surface area contributed by atoms with E-state index in [1.165, 1.54) is 0 Å². The predicted molar refractivity (Wildman–Crippen MR) is 98.9 cm³/mol. The highest BCUT2D eigenvalue weighted by atomic mass is 35.5. The molecule has 0 saturated carbocycles. The smallest absolute Gasteiger partial charge is 0.306 e. The second kappa shape index (κ2) is 9.30. The van der Waals surface area contributed by atoms with Crippen LogP contribution in [-0.2, 0) is 16.1 Å². The largest absolute Gasteiger partial charge is 0.489 e. The molecular formula is C18H17Cl3O4. The second-order valence-corrected chi connectivity index (χ2v) is 6.48. The van der Waals surface area contributed by atoms with Crippen LogP contribution in [0.2, 0.25) is 15.1 Å². The fourth-order valence-electron chi connectivity index (χ4n) is 2.27. The highest BCUT2D eigenvalue weighted by molar-refractivity contribution is 6.42. The molecule has 0 aliphatic rings. The predicted octanol–water partition coefficient (Wildman–Crippen LogP) is 5.78. The molecule has 0 spiro atoms. The molecule has 0 aliphatic carbocycles. The quantitative estimate of drug-likeness (QED) is 0.607. The summed E-state index contributed by atoms with van der Waals surface area (Å²) in [5.41, 5.74) is 1.49. The zero-order valence-corrected chi connectivity index (χ0v) is 15.7. The van der Waals surface area contributed by atoms with Crippen LogP contribution in [0.25, 0.3) is 0 Å². The Bertz CT molecular complexity index is 749. The summed E-state index contributed by atoms with van der Waals surface area (Å²) in [5.74, 6) is -0.389. The number of benzene rings is 2. The minimum atomic E-state index is -0.950. The number of rotatable bonds is 8. The van der Waals surface area contributed by atoms with E-state index < -0.39 is 12.1 Å². The van der Waals surface area contributed by atoms with Crippen LogP contribution in [0, 0.1) is 0 Å². The molecule has 0 bridgehead atoms. The highest BCUT2D eigenvalue weighted by Gasteiger charge is 2.19. The van der Waals surface area contributed by atoms with Gasteiger partial charge in [0.05, 0.1) is 27.6 Å². The fraction of sp³-hybridized carbons (Fsp3) is 0.278. The fourth-order valence-corrected chi connectivity index (χ4v) is 2.89. The Kier molecular flexibility index (Phi) is 7.38. The van der Waals surface area contributed by atoms with Gasteiger partial charge in [-0.05, 0) is 36.8 Å². The SMILES string of the molecule is CCO[C@@H](CC(=O)O)c1ccc(OCc2ccc(Cl)c(Cl)c2)cc1Cl. The number of carboxylic acid groups (broad SMARTS) is 1. The van der Waals surface area contributed by atoms with E-state index in [4.69, 9.17) is 49.4 Å². The molecule has 2 rings (SSSR count). The monoisotopic (exact) mass is 402 g/mol. The van der Waals surface area contributed by atoms with Gasteiger partial charge in [-0.25, -0.2) is 0 Å². The highest BCUT2D eigenvalue weighted by Crippen LogP contribution is 2.32. The topological polar surface area (TPSA) is 55.8 Å². The third kappa shape index (κ3) is 5.79. The Morgan fingerprint density at radius 2 is 1.84 bits per heavy atom. The molecule has 1 N–H and O–H groups in total. The maximum Gasteiger partial charge on any atom is 0.306 e. The van der Waals surface area contributed by atoms with Crippen LogP contribution in [-0.4, -0.2) is 17.7 Å². The summed E-state index contributed by atoms with van der Waals surface area (Å²) in [5, 5.41) is 10.3. The third-order valence-corrected chi connectivity index (χ3v) is 4.50. The van der Waals surface area contributed by atoms with Crippen molar-refractivity contribution in [3.05, 3.63) is 62.6 Å². The van der Waals surface area contributed by atoms with Crippen molar-refractivity contribution in [3.63, 3.8) is 0 Å². The average molecular weight is 404 g/mol. The van der Waals surface area contributed by atoms with Gasteiger partial charge in [-0.3, -0.25) is 4.79 Å². The lowest BCUT2D eigenvalue weighted by molar-refractivity contribution is -0.140. The van der Waals surface area contributed by atoms with Crippen molar-refractivity contribution in [2.24, 2.45) is 0 Å². The van der Waals surface area contributed by atoms with E-state index in [1.807, 2.05) is 6.07 Å². The third-order valence-electron chi connectivity index (χ3n) is 3.44. The van der Waals surface area contributed by atoms with Crippen molar-refractivity contribution < 1.29 is 19.4 Å². The van der Waals surface area contributed by atoms with Gasteiger partial charge in [0.25, 0.3) is 0 Å². The van der Waals surface area contributed by atoms with E-state index >= 15 is 0 Å². The van der Waals surface area contributed by atoms with Crippen molar-refractivity contribution >= 4 is 40.8 Å². The Balaban J connectivity index is 2.09. The van der Waals surface area contributed by atoms with Crippen molar-refractivity contribution in [2.75, 3.05) is 6.61 Å². The van der Waals surface area contributed by atoms with Gasteiger partial charge >= 0.3 is 5.97 Å². The standard InChI is InChI=1S/C18H17Cl3O4/c1-2-24-17(9-18(22)23)13-5-4-12(8-15(13)20)25-10-11-3-6-14(19)16(21)7-11/h3-8,17H,2,9-10H2,1H3,(H,22,23)/t17-/m0/s1. The van der Waals surface area contributed by atoms with E-state index in [0.29, 0.717) is 39.6 Å². The zero-order chi connectivity index (χ0) is 18.4. The number of ether oxygens (including phenoxy) is 2. The molecule has 4 nitrogen and oxygen atoms in total. The molecule has 134 valence electrons. The molecule has 1 atom stereocenters. The summed E-state index contributed by atoms with van der Waals surface area (Å²) in [7, 11) is 0. The van der Waals surface area contributed by atoms with Crippen LogP contribution in [0.1, 0.15) is 30.6 Å². The normalized spacial score (nSPS) is 12.0. The van der Waals surface area contributed by atoms with Crippen LogP contribution in [0.3, 0.4) is 0 Å². The van der Waals surface area contributed by atoms with Crippen LogP contribution < -0.4 is 4.74 Å². The first kappa shape index (κ1) is 19.9. The summed E-state index contributed by atoms with van der Waals surface area (Å²) in [6.07, 6.45) is -0.754. The van der Waals surface area contributed by atoms with Crippen LogP contribution in [0.4, 0.5) is 0 Å². The van der Waals surface area contributed by atoms with Crippen LogP contribution in [0.5, 0.6) is 5.75 Å². The molecule has 2 aromatic rings. The van der Waals surface area contributed by atoms with Gasteiger partial charge in [-0.1, -0.05) is 46.9 Å². The molecule has 0 aliphatic heterocycles. The Morgan fingerprint density at radius 1 is 1.08 bits per heavy atom. The average Bonchev–Trinajstić information content (AvgIpc) is 2.55. The number of hydrogen-bond donors (Lipinski definition) is 1. The van der Waals surface area contributed by atoms with E-state index in [1.54, 1.807) is 37.3 Å². The van der Waals surface area contributed by atoms with E-state index in [2.05, 4.69) is 0 Å². The molecule has 0 unspecified atom stereocenters. The molecule has 2 aromatic carbocycles. The lowest BCUT2D eigenvalue weighted by atomic mass is 10.1. The summed E-state index contributed by atoms with van der Waals surface area (Å²) >= 11 is 18.1. The molecule has 25 heavy (non-hydrogen) atoms. The second-order valence-electron chi connectivity index (χ2n) is 5.26. The lowest BCUT2D eigenvalue weighted by Crippen LogP contribution is -2.10. The molecular weight excluding hydrogens is 387 g/mol. The van der Waals surface area contributed by atoms with Crippen molar-refractivity contribution in [2.45, 2.75) is 26.1 Å². The van der Waals surface area contributed by atoms with E-state index in [9.17, 15) is 4.79 Å². The minimum absolute atomic E-state index is 0.156. The minimum Gasteiger partial charge on any atom is -0.489 e. The molecule has 0 fully saturated rings. The first-order chi connectivity index (χ1) is 11.9. The molecule has 0 heterocycles.